The first-order valence-corrected chi connectivity index (χ1v) is 2.53. The topological polar surface area (TPSA) is 63.1 Å². The Hall–Kier alpha value is -1.45. The summed E-state index contributed by atoms with van der Waals surface area (Å²) in [5.74, 6) is 0.461. The largest absolute Gasteiger partial charge is 1.00 e. The van der Waals surface area contributed by atoms with E-state index in [0.717, 1.165) is 11.3 Å². The van der Waals surface area contributed by atoms with Crippen LogP contribution < -0.4 is 5.73 Å². The van der Waals surface area contributed by atoms with Gasteiger partial charge in [0.25, 0.3) is 0 Å². The van der Waals surface area contributed by atoms with E-state index >= 15 is 0 Å². The summed E-state index contributed by atoms with van der Waals surface area (Å²) in [5.41, 5.74) is 7.02. The van der Waals surface area contributed by atoms with E-state index in [0.29, 0.717) is 5.82 Å². The maximum atomic E-state index is 5.41. The van der Waals surface area contributed by atoms with E-state index in [1.54, 1.807) is 12.4 Å². The summed E-state index contributed by atoms with van der Waals surface area (Å²) in [7, 11) is 0. The van der Waals surface area contributed by atoms with E-state index < -0.39 is 0 Å². The molecule has 0 atom stereocenters. The Morgan fingerprint density at radius 2 is 2.33 bits per heavy atom. The Kier molecular flexibility index (Phi) is 0.631. The third-order valence-electron chi connectivity index (χ3n) is 1.22. The van der Waals surface area contributed by atoms with Crippen molar-refractivity contribution in [3.8, 4) is 0 Å². The molecule has 0 aromatic carbocycles. The van der Waals surface area contributed by atoms with Gasteiger partial charge in [-0.05, 0) is 0 Å². The lowest BCUT2D eigenvalue weighted by atomic mass is 10.2. The zero-order chi connectivity index (χ0) is 6.27. The molecule has 0 amide bonds. The van der Waals surface area contributed by atoms with Crippen molar-refractivity contribution < 1.29 is 1.43 Å². The molecule has 0 aromatic heterocycles. The molecule has 2 aliphatic rings. The number of aliphatic imine (C=N–C) groups is 1. The van der Waals surface area contributed by atoms with Crippen LogP contribution in [0.3, 0.4) is 0 Å². The summed E-state index contributed by atoms with van der Waals surface area (Å²) in [6.45, 7) is 0. The highest BCUT2D eigenvalue weighted by Crippen LogP contribution is 2.23. The molecule has 2 heterocycles. The summed E-state index contributed by atoms with van der Waals surface area (Å²) < 4.78 is 0. The zero-order valence-corrected chi connectivity index (χ0v) is 4.57. The van der Waals surface area contributed by atoms with Crippen LogP contribution in [0.2, 0.25) is 0 Å². The van der Waals surface area contributed by atoms with Crippen molar-refractivity contribution in [2.24, 2.45) is 21.0 Å². The van der Waals surface area contributed by atoms with E-state index in [9.17, 15) is 0 Å². The van der Waals surface area contributed by atoms with Crippen molar-refractivity contribution in [3.05, 3.63) is 23.3 Å². The molecule has 0 bridgehead atoms. The minimum atomic E-state index is 0. The van der Waals surface area contributed by atoms with Crippen molar-refractivity contribution in [2.45, 2.75) is 0 Å². The molecule has 0 radical (unpaired) electrons. The van der Waals surface area contributed by atoms with Crippen LogP contribution in [0.1, 0.15) is 1.43 Å². The molecule has 0 aromatic rings. The molecular formula is C5H5N4+. The Labute approximate surface area is 53.0 Å². The number of hydrogen-bond donors (Lipinski definition) is 1. The first-order valence-electron chi connectivity index (χ1n) is 2.53. The van der Waals surface area contributed by atoms with Crippen molar-refractivity contribution in [1.29, 1.82) is 0 Å². The summed E-state index contributed by atoms with van der Waals surface area (Å²) in [6, 6.07) is 0. The molecule has 0 unspecified atom stereocenters. The lowest BCUT2D eigenvalue weighted by Crippen LogP contribution is -1.94. The minimum absolute atomic E-state index is 0. The van der Waals surface area contributed by atoms with E-state index in [2.05, 4.69) is 15.2 Å². The molecule has 0 fully saturated rings. The van der Waals surface area contributed by atoms with Gasteiger partial charge in [-0.2, -0.15) is 0 Å². The van der Waals surface area contributed by atoms with Crippen molar-refractivity contribution in [1.82, 2.24) is 0 Å². The summed E-state index contributed by atoms with van der Waals surface area (Å²) in [4.78, 5) is 3.84. The number of nitrogens with zero attached hydrogens (tertiary/aromatic N) is 3. The highest BCUT2D eigenvalue weighted by Gasteiger charge is 2.16. The smallest absolute Gasteiger partial charge is 0.382 e. The number of hydrogen-bond acceptors (Lipinski definition) is 4. The van der Waals surface area contributed by atoms with Gasteiger partial charge in [-0.15, -0.1) is 10.2 Å². The average molecular weight is 121 g/mol. The molecule has 0 aliphatic carbocycles. The second kappa shape index (κ2) is 1.28. The van der Waals surface area contributed by atoms with Crippen molar-refractivity contribution in [2.75, 3.05) is 0 Å². The third kappa shape index (κ3) is 0.440. The zero-order valence-electron chi connectivity index (χ0n) is 5.57. The molecule has 44 valence electrons. The van der Waals surface area contributed by atoms with Gasteiger partial charge in [-0.25, -0.2) is 0 Å². The van der Waals surface area contributed by atoms with Gasteiger partial charge >= 0.3 is 1.43 Å². The third-order valence-corrected chi connectivity index (χ3v) is 1.22. The van der Waals surface area contributed by atoms with E-state index in [-0.39, 0.29) is 1.43 Å². The maximum Gasteiger partial charge on any atom is 1.00 e. The van der Waals surface area contributed by atoms with Crippen LogP contribution in [0.25, 0.3) is 0 Å². The first kappa shape index (κ1) is 4.43. The first-order chi connectivity index (χ1) is 4.38. The summed E-state index contributed by atoms with van der Waals surface area (Å²) in [6.07, 6.45) is 3.30. The number of allylic oxidation sites excluding steroid dienone is 1. The second-order valence-corrected chi connectivity index (χ2v) is 1.79. The number of nitrogens with two attached hydrogens (primary N) is 1. The Balaban J connectivity index is 0.000000500. The number of rotatable bonds is 0. The lowest BCUT2D eigenvalue weighted by Gasteiger charge is -1.83. The molecule has 4 nitrogen and oxygen atoms in total. The predicted molar refractivity (Wildman–Crippen MR) is 33.8 cm³/mol. The van der Waals surface area contributed by atoms with Gasteiger partial charge in [-0.1, -0.05) is 0 Å². The minimum Gasteiger partial charge on any atom is -0.382 e. The highest BCUT2D eigenvalue weighted by molar-refractivity contribution is 5.89. The van der Waals surface area contributed by atoms with Crippen LogP contribution >= 0.6 is 0 Å². The Morgan fingerprint density at radius 3 is 3.11 bits per heavy atom. The second-order valence-electron chi connectivity index (χ2n) is 1.79. The number of azo groups is 1. The van der Waals surface area contributed by atoms with Crippen LogP contribution in [-0.2, 0) is 0 Å². The molecule has 0 saturated heterocycles. The summed E-state index contributed by atoms with van der Waals surface area (Å²) >= 11 is 0. The van der Waals surface area contributed by atoms with Crippen molar-refractivity contribution in [3.63, 3.8) is 0 Å². The normalized spacial score (nSPS) is 21.1. The van der Waals surface area contributed by atoms with Crippen LogP contribution in [-0.4, -0.2) is 6.21 Å². The monoisotopic (exact) mass is 121 g/mol. The van der Waals surface area contributed by atoms with E-state index in [1.165, 1.54) is 0 Å². The fourth-order valence-electron chi connectivity index (χ4n) is 0.757. The molecule has 2 N–H and O–H groups in total. The molecular weight excluding hydrogens is 116 g/mol. The van der Waals surface area contributed by atoms with Gasteiger partial charge in [0.2, 0.25) is 0 Å². The van der Waals surface area contributed by atoms with Gasteiger partial charge in [0.15, 0.2) is 5.82 Å². The van der Waals surface area contributed by atoms with Crippen LogP contribution in [0.4, 0.5) is 0 Å². The molecule has 0 saturated carbocycles. The van der Waals surface area contributed by atoms with Gasteiger partial charge in [0.1, 0.15) is 5.70 Å². The SMILES string of the molecule is NC1=C2C=NC=C2N=N1.[H+]. The maximum absolute atomic E-state index is 5.41. The van der Waals surface area contributed by atoms with Gasteiger partial charge in [0, 0.05) is 6.21 Å². The van der Waals surface area contributed by atoms with Gasteiger partial charge in [-0.3, -0.25) is 4.99 Å². The quantitative estimate of drug-likeness (QED) is 0.502. The van der Waals surface area contributed by atoms with Crippen LogP contribution in [0.15, 0.2) is 38.5 Å². The molecule has 2 rings (SSSR count). The number of fused-ring (bicyclic) bond motifs is 1. The van der Waals surface area contributed by atoms with Gasteiger partial charge in [0.05, 0.1) is 11.8 Å². The molecule has 4 heteroatoms. The Morgan fingerprint density at radius 1 is 1.44 bits per heavy atom. The fraction of sp³-hybridized carbons (Fsp3) is 0. The fourth-order valence-corrected chi connectivity index (χ4v) is 0.757. The predicted octanol–water partition coefficient (Wildman–Crippen LogP) is 0.661. The molecule has 2 aliphatic heterocycles. The molecule has 0 spiro atoms. The summed E-state index contributed by atoms with van der Waals surface area (Å²) in [5, 5.41) is 7.38. The lowest BCUT2D eigenvalue weighted by molar-refractivity contribution is 1.13. The average Bonchev–Trinajstić information content (AvgIpc) is 2.35. The van der Waals surface area contributed by atoms with Crippen LogP contribution in [0.5, 0.6) is 0 Å². The molecule has 9 heavy (non-hydrogen) atoms. The highest BCUT2D eigenvalue weighted by atomic mass is 15.2. The van der Waals surface area contributed by atoms with Gasteiger partial charge < -0.3 is 5.73 Å². The van der Waals surface area contributed by atoms with E-state index in [4.69, 9.17) is 5.73 Å². The van der Waals surface area contributed by atoms with Crippen LogP contribution in [0, 0.1) is 0 Å². The Bertz CT molecular complexity index is 273. The standard InChI is InChI=1S/C5H4N4/c6-5-3-1-7-2-4(3)8-9-5/h1-2H,(H2,6,9)/p+1. The van der Waals surface area contributed by atoms with E-state index in [1.807, 2.05) is 0 Å². The van der Waals surface area contributed by atoms with Crippen molar-refractivity contribution >= 4 is 6.21 Å².